The van der Waals surface area contributed by atoms with Gasteiger partial charge in [0.05, 0.1) is 0 Å². The molecule has 1 atom stereocenters. The molecule has 1 aliphatic carbocycles. The van der Waals surface area contributed by atoms with E-state index >= 15 is 0 Å². The molecule has 0 saturated carbocycles. The summed E-state index contributed by atoms with van der Waals surface area (Å²) in [5.41, 5.74) is 1.42. The summed E-state index contributed by atoms with van der Waals surface area (Å²) in [6.07, 6.45) is 21.8. The molecule has 5 heteroatoms. The van der Waals surface area contributed by atoms with Gasteiger partial charge in [0.1, 0.15) is 0 Å². The molecule has 0 N–H and O–H groups in total. The summed E-state index contributed by atoms with van der Waals surface area (Å²) in [5, 5.41) is 0. The van der Waals surface area contributed by atoms with E-state index in [9.17, 15) is 0 Å². The van der Waals surface area contributed by atoms with Gasteiger partial charge in [0.2, 0.25) is 0 Å². The van der Waals surface area contributed by atoms with Crippen LogP contribution in [0.1, 0.15) is 77.6 Å². The van der Waals surface area contributed by atoms with Crippen molar-refractivity contribution in [1.29, 1.82) is 0 Å². The molecule has 0 saturated heterocycles. The Morgan fingerprint density at radius 1 is 0.857 bits per heavy atom. The molecule has 0 radical (unpaired) electrons. The van der Waals surface area contributed by atoms with Crippen molar-refractivity contribution in [3.05, 3.63) is 46.1 Å². The molecule has 0 aromatic rings. The summed E-state index contributed by atoms with van der Waals surface area (Å²) in [6.45, 7) is 2.27. The molecular weight excluding hydrogens is 547 g/mol. The molecule has 1 rings (SSSR count). The van der Waals surface area contributed by atoms with Crippen molar-refractivity contribution in [2.24, 2.45) is 0 Å². The van der Waals surface area contributed by atoms with Crippen LogP contribution in [0.5, 0.6) is 0 Å². The zero-order chi connectivity index (χ0) is 17.7. The molecule has 0 fully saturated rings. The maximum absolute atomic E-state index is 5.74. The first kappa shape index (κ1) is 35.7. The van der Waals surface area contributed by atoms with Gasteiger partial charge >= 0.3 is 29.9 Å². The summed E-state index contributed by atoms with van der Waals surface area (Å²) >= 11 is 0. The first-order valence-corrected chi connectivity index (χ1v) is 11.5. The maximum Gasteiger partial charge on any atom is 4.00 e. The monoisotopic (exact) mass is 593 g/mol. The molecule has 1 aliphatic rings. The zero-order valence-electron chi connectivity index (χ0n) is 19.6. The standard InChI is InChI=1S/C20H37O3Si.3CH3.Pt/c1-5-6-7-8-9-10-11-12-13-18-20(19-16-14-15-17-19)24(21-2,22-3)23-4;;;;/h14,16,20H,5-13,15,18H2,1-4H3;3*1H3;/q4*-1;+4. The van der Waals surface area contributed by atoms with Gasteiger partial charge in [0.25, 0.3) is 0 Å². The summed E-state index contributed by atoms with van der Waals surface area (Å²) < 4.78 is 17.2. The third-order valence-electron chi connectivity index (χ3n) is 4.97. The Morgan fingerprint density at radius 2 is 1.32 bits per heavy atom. The quantitative estimate of drug-likeness (QED) is 0.114. The molecule has 1 unspecified atom stereocenters. The van der Waals surface area contributed by atoms with Crippen molar-refractivity contribution in [2.75, 3.05) is 21.3 Å². The van der Waals surface area contributed by atoms with E-state index in [0.29, 0.717) is 0 Å². The van der Waals surface area contributed by atoms with Gasteiger partial charge in [-0.3, -0.25) is 6.08 Å². The van der Waals surface area contributed by atoms with Crippen LogP contribution in [0.4, 0.5) is 0 Å². The third-order valence-corrected chi connectivity index (χ3v) is 8.13. The zero-order valence-corrected chi connectivity index (χ0v) is 22.8. The molecule has 0 aromatic carbocycles. The van der Waals surface area contributed by atoms with Gasteiger partial charge in [-0.05, 0) is 6.42 Å². The van der Waals surface area contributed by atoms with Crippen LogP contribution in [0.2, 0.25) is 5.54 Å². The topological polar surface area (TPSA) is 27.7 Å². The van der Waals surface area contributed by atoms with E-state index in [4.69, 9.17) is 13.3 Å². The van der Waals surface area contributed by atoms with Crippen LogP contribution in [-0.4, -0.2) is 30.1 Å². The van der Waals surface area contributed by atoms with Crippen LogP contribution in [0.15, 0.2) is 17.7 Å². The fourth-order valence-corrected chi connectivity index (χ4v) is 6.01. The fraction of sp³-hybridized carbons (Fsp3) is 0.696. The number of unbranched alkanes of at least 4 members (excludes halogenated alkanes) is 8. The summed E-state index contributed by atoms with van der Waals surface area (Å²) in [6, 6.07) is 0. The molecule has 0 aromatic heterocycles. The Labute approximate surface area is 193 Å². The van der Waals surface area contributed by atoms with Gasteiger partial charge in [-0.15, -0.1) is 6.42 Å². The second-order valence-electron chi connectivity index (χ2n) is 6.62. The Morgan fingerprint density at radius 3 is 1.71 bits per heavy atom. The molecule has 0 bridgehead atoms. The van der Waals surface area contributed by atoms with Gasteiger partial charge in [0, 0.05) is 26.9 Å². The van der Waals surface area contributed by atoms with Gasteiger partial charge in [-0.25, -0.2) is 11.6 Å². The van der Waals surface area contributed by atoms with Gasteiger partial charge in [-0.2, -0.15) is 6.08 Å². The van der Waals surface area contributed by atoms with E-state index in [-0.39, 0.29) is 48.9 Å². The van der Waals surface area contributed by atoms with E-state index in [1.54, 1.807) is 21.3 Å². The maximum atomic E-state index is 5.74. The Kier molecular flexibility index (Phi) is 28.0. The van der Waals surface area contributed by atoms with Crippen LogP contribution in [-0.2, 0) is 34.3 Å². The van der Waals surface area contributed by atoms with E-state index in [2.05, 4.69) is 25.2 Å². The van der Waals surface area contributed by atoms with Gasteiger partial charge in [0.15, 0.2) is 0 Å². The van der Waals surface area contributed by atoms with Crippen LogP contribution < -0.4 is 0 Å². The van der Waals surface area contributed by atoms with Crippen molar-refractivity contribution in [3.63, 3.8) is 0 Å². The molecule has 0 amide bonds. The molecule has 0 heterocycles. The summed E-state index contributed by atoms with van der Waals surface area (Å²) in [4.78, 5) is 0. The van der Waals surface area contributed by atoms with E-state index < -0.39 is 8.80 Å². The first-order chi connectivity index (χ1) is 11.7. The second kappa shape index (κ2) is 22.0. The minimum atomic E-state index is -2.65. The normalized spacial score (nSPS) is 13.5. The van der Waals surface area contributed by atoms with Crippen LogP contribution in [0, 0.1) is 28.4 Å². The Bertz CT molecular complexity index is 374. The average Bonchev–Trinajstić information content (AvgIpc) is 3.14. The SMILES string of the molecule is CCCCCCCCCCCC(C1=[C-]CC=C1)[Si](OC)(OC)OC.[CH3-].[CH3-].[CH3-].[Pt+4]. The van der Waals surface area contributed by atoms with Crippen molar-refractivity contribution in [1.82, 2.24) is 0 Å². The van der Waals surface area contributed by atoms with Crippen LogP contribution in [0.3, 0.4) is 0 Å². The molecule has 170 valence electrons. The predicted molar refractivity (Wildman–Crippen MR) is 122 cm³/mol. The van der Waals surface area contributed by atoms with E-state index in [0.717, 1.165) is 12.8 Å². The molecular formula is C23H46O3PtSi. The van der Waals surface area contributed by atoms with Crippen LogP contribution >= 0.6 is 0 Å². The third kappa shape index (κ3) is 12.1. The molecule has 3 nitrogen and oxygen atoms in total. The molecule has 28 heavy (non-hydrogen) atoms. The van der Waals surface area contributed by atoms with Crippen LogP contribution in [0.25, 0.3) is 0 Å². The number of rotatable bonds is 15. The van der Waals surface area contributed by atoms with E-state index in [1.165, 1.54) is 63.4 Å². The minimum Gasteiger partial charge on any atom is -0.377 e. The first-order valence-electron chi connectivity index (χ1n) is 9.66. The summed E-state index contributed by atoms with van der Waals surface area (Å²) in [7, 11) is 2.48. The number of hydrogen-bond acceptors (Lipinski definition) is 3. The fourth-order valence-electron chi connectivity index (χ4n) is 3.52. The smallest absolute Gasteiger partial charge is 0.377 e. The Balaban J connectivity index is -0.000000720. The largest absolute Gasteiger partial charge is 4.00 e. The number of hydrogen-bond donors (Lipinski definition) is 0. The van der Waals surface area contributed by atoms with E-state index in [1.807, 2.05) is 0 Å². The minimum absolute atomic E-state index is 0. The average molecular weight is 594 g/mol. The van der Waals surface area contributed by atoms with Gasteiger partial charge in [-0.1, -0.05) is 64.7 Å². The predicted octanol–water partition coefficient (Wildman–Crippen LogP) is 7.19. The second-order valence-corrected chi connectivity index (χ2v) is 9.75. The van der Waals surface area contributed by atoms with Crippen molar-refractivity contribution in [2.45, 2.75) is 83.1 Å². The van der Waals surface area contributed by atoms with Gasteiger partial charge < -0.3 is 35.6 Å². The van der Waals surface area contributed by atoms with Crippen molar-refractivity contribution < 1.29 is 34.3 Å². The molecule has 0 spiro atoms. The Hall–Kier alpha value is 0.265. The molecule has 0 aliphatic heterocycles. The number of allylic oxidation sites excluding steroid dienone is 4. The summed E-state index contributed by atoms with van der Waals surface area (Å²) in [5.74, 6) is 0. The van der Waals surface area contributed by atoms with Crippen molar-refractivity contribution in [3.8, 4) is 0 Å². The van der Waals surface area contributed by atoms with Crippen molar-refractivity contribution >= 4 is 8.80 Å².